The largest absolute Gasteiger partial charge is 0.442 e. The standard InChI is InChI=1S/C18H22F2N4O5S/c1-11(30)21-8-13-9-23(18(27)29-13)12-6-14(19)17(15(20)7-12)22-2-3-24(16(26)10-25)28-5-4-22/h6-7,13,25H,2-5,8-10H2,1H3,(H,21,30)/t13-/m0/s1. The van der Waals surface area contributed by atoms with Gasteiger partial charge in [-0.15, -0.1) is 0 Å². The second-order valence-corrected chi connectivity index (χ2v) is 7.40. The number of halogens is 2. The summed E-state index contributed by atoms with van der Waals surface area (Å²) < 4.78 is 34.9. The highest BCUT2D eigenvalue weighted by Crippen LogP contribution is 2.31. The van der Waals surface area contributed by atoms with E-state index in [9.17, 15) is 18.4 Å². The molecule has 2 N–H and O–H groups in total. The maximum Gasteiger partial charge on any atom is 0.414 e. The van der Waals surface area contributed by atoms with Gasteiger partial charge < -0.3 is 20.1 Å². The third-order valence-corrected chi connectivity index (χ3v) is 4.82. The molecule has 0 bridgehead atoms. The number of rotatable bonds is 5. The van der Waals surface area contributed by atoms with Gasteiger partial charge in [-0.05, 0) is 6.92 Å². The van der Waals surface area contributed by atoms with E-state index in [0.29, 0.717) is 11.5 Å². The summed E-state index contributed by atoms with van der Waals surface area (Å²) in [7, 11) is 0. The number of anilines is 2. The first-order chi connectivity index (χ1) is 14.3. The van der Waals surface area contributed by atoms with Crippen LogP contribution in [0.4, 0.5) is 25.0 Å². The number of hydrogen-bond donors (Lipinski definition) is 2. The number of ether oxygens (including phenoxy) is 1. The normalized spacial score (nSPS) is 19.5. The maximum atomic E-state index is 14.8. The maximum absolute atomic E-state index is 14.8. The van der Waals surface area contributed by atoms with Crippen molar-refractivity contribution in [2.24, 2.45) is 0 Å². The van der Waals surface area contributed by atoms with Crippen molar-refractivity contribution in [1.29, 1.82) is 0 Å². The fourth-order valence-electron chi connectivity index (χ4n) is 3.25. The Kier molecular flexibility index (Phi) is 7.00. The van der Waals surface area contributed by atoms with Crippen LogP contribution in [0.3, 0.4) is 0 Å². The first-order valence-electron chi connectivity index (χ1n) is 9.31. The average molecular weight is 444 g/mol. The van der Waals surface area contributed by atoms with Gasteiger partial charge in [-0.2, -0.15) is 0 Å². The van der Waals surface area contributed by atoms with Crippen molar-refractivity contribution < 1.29 is 33.1 Å². The van der Waals surface area contributed by atoms with Gasteiger partial charge in [0.1, 0.15) is 18.4 Å². The van der Waals surface area contributed by atoms with Crippen LogP contribution in [0.25, 0.3) is 0 Å². The van der Waals surface area contributed by atoms with Crippen LogP contribution in [-0.4, -0.2) is 79.2 Å². The molecule has 2 amide bonds. The molecular weight excluding hydrogens is 422 g/mol. The minimum atomic E-state index is -0.851. The first-order valence-corrected chi connectivity index (χ1v) is 9.71. The van der Waals surface area contributed by atoms with Crippen LogP contribution in [-0.2, 0) is 14.4 Å². The number of nitrogens with zero attached hydrogens (tertiary/aromatic N) is 3. The summed E-state index contributed by atoms with van der Waals surface area (Å²) in [5.74, 6) is -2.33. The number of hydroxylamine groups is 2. The van der Waals surface area contributed by atoms with E-state index in [1.807, 2.05) is 0 Å². The summed E-state index contributed by atoms with van der Waals surface area (Å²) in [6.45, 7) is 1.70. The van der Waals surface area contributed by atoms with Gasteiger partial charge in [0.15, 0.2) is 11.6 Å². The van der Waals surface area contributed by atoms with Crippen molar-refractivity contribution in [2.45, 2.75) is 13.0 Å². The third kappa shape index (κ3) is 4.94. The van der Waals surface area contributed by atoms with Crippen LogP contribution in [0.15, 0.2) is 12.1 Å². The van der Waals surface area contributed by atoms with Crippen LogP contribution in [0.2, 0.25) is 0 Å². The number of benzene rings is 1. The van der Waals surface area contributed by atoms with Crippen LogP contribution < -0.4 is 15.1 Å². The number of aliphatic hydroxyl groups is 1. The van der Waals surface area contributed by atoms with Crippen molar-refractivity contribution in [3.05, 3.63) is 23.8 Å². The van der Waals surface area contributed by atoms with E-state index in [0.717, 1.165) is 22.1 Å². The van der Waals surface area contributed by atoms with Gasteiger partial charge in [0.2, 0.25) is 0 Å². The molecule has 2 heterocycles. The molecule has 0 aliphatic carbocycles. The topological polar surface area (TPSA) is 94.6 Å². The van der Waals surface area contributed by atoms with E-state index in [1.54, 1.807) is 6.92 Å². The smallest absolute Gasteiger partial charge is 0.414 e. The van der Waals surface area contributed by atoms with Crippen molar-refractivity contribution in [1.82, 2.24) is 10.4 Å². The lowest BCUT2D eigenvalue weighted by molar-refractivity contribution is -0.184. The molecule has 2 aliphatic rings. The Morgan fingerprint density at radius 2 is 2.00 bits per heavy atom. The summed E-state index contributed by atoms with van der Waals surface area (Å²) in [5.41, 5.74) is -0.230. The van der Waals surface area contributed by atoms with E-state index >= 15 is 0 Å². The van der Waals surface area contributed by atoms with Gasteiger partial charge in [0, 0.05) is 25.2 Å². The predicted molar refractivity (Wildman–Crippen MR) is 107 cm³/mol. The highest BCUT2D eigenvalue weighted by Gasteiger charge is 2.34. The SMILES string of the molecule is CC(=S)NC[C@H]1CN(c2cc(F)c(N3CCON(C(=O)CO)CC3)c(F)c2)C(=O)O1. The zero-order valence-corrected chi connectivity index (χ0v) is 17.1. The molecule has 0 radical (unpaired) electrons. The molecule has 1 atom stereocenters. The lowest BCUT2D eigenvalue weighted by Gasteiger charge is -2.24. The number of thiocarbonyl (C=S) groups is 1. The number of carbonyl (C=O) groups excluding carboxylic acids is 2. The van der Waals surface area contributed by atoms with E-state index in [-0.39, 0.29) is 44.2 Å². The lowest BCUT2D eigenvalue weighted by atomic mass is 10.2. The van der Waals surface area contributed by atoms with E-state index in [4.69, 9.17) is 26.9 Å². The Morgan fingerprint density at radius 3 is 2.63 bits per heavy atom. The predicted octanol–water partition coefficient (Wildman–Crippen LogP) is 0.799. The Bertz CT molecular complexity index is 820. The minimum absolute atomic E-state index is 0.0127. The number of carbonyl (C=O) groups is 2. The zero-order valence-electron chi connectivity index (χ0n) is 16.3. The van der Waals surface area contributed by atoms with Crippen molar-refractivity contribution in [3.8, 4) is 0 Å². The van der Waals surface area contributed by atoms with Gasteiger partial charge >= 0.3 is 6.09 Å². The fraction of sp³-hybridized carbons (Fsp3) is 0.500. The zero-order chi connectivity index (χ0) is 21.8. The number of cyclic esters (lactones) is 1. The number of amides is 2. The molecular formula is C18H22F2N4O5S. The highest BCUT2D eigenvalue weighted by molar-refractivity contribution is 7.80. The molecule has 1 aromatic carbocycles. The molecule has 164 valence electrons. The van der Waals surface area contributed by atoms with Crippen molar-refractivity contribution in [3.63, 3.8) is 0 Å². The molecule has 30 heavy (non-hydrogen) atoms. The molecule has 12 heteroatoms. The number of aliphatic hydroxyl groups excluding tert-OH is 1. The molecule has 9 nitrogen and oxygen atoms in total. The summed E-state index contributed by atoms with van der Waals surface area (Å²) >= 11 is 4.92. The van der Waals surface area contributed by atoms with Gasteiger partial charge in [0.25, 0.3) is 5.91 Å². The summed E-state index contributed by atoms with van der Waals surface area (Å²) in [5, 5.41) is 12.8. The Labute approximate surface area is 177 Å². The molecule has 3 rings (SSSR count). The molecule has 2 aliphatic heterocycles. The molecule has 1 aromatic rings. The summed E-state index contributed by atoms with van der Waals surface area (Å²) in [6, 6.07) is 2.14. The quantitative estimate of drug-likeness (QED) is 0.645. The number of hydrogen-bond acceptors (Lipinski definition) is 7. The van der Waals surface area contributed by atoms with Crippen LogP contribution in [0, 0.1) is 11.6 Å². The molecule has 0 saturated carbocycles. The van der Waals surface area contributed by atoms with Gasteiger partial charge in [0.05, 0.1) is 36.9 Å². The van der Waals surface area contributed by atoms with Crippen molar-refractivity contribution in [2.75, 3.05) is 55.7 Å². The van der Waals surface area contributed by atoms with Crippen molar-refractivity contribution >= 4 is 40.6 Å². The third-order valence-electron chi connectivity index (χ3n) is 4.68. The molecule has 0 spiro atoms. The van der Waals surface area contributed by atoms with Gasteiger partial charge in [-0.3, -0.25) is 14.5 Å². The first kappa shape index (κ1) is 22.1. The van der Waals surface area contributed by atoms with E-state index in [1.165, 1.54) is 4.90 Å². The summed E-state index contributed by atoms with van der Waals surface area (Å²) in [4.78, 5) is 32.0. The average Bonchev–Trinajstić information content (AvgIpc) is 2.90. The van der Waals surface area contributed by atoms with E-state index in [2.05, 4.69) is 5.32 Å². The Balaban J connectivity index is 1.73. The fourth-order valence-corrected chi connectivity index (χ4v) is 3.34. The minimum Gasteiger partial charge on any atom is -0.442 e. The molecule has 2 saturated heterocycles. The molecule has 0 aromatic heterocycles. The van der Waals surface area contributed by atoms with E-state index < -0.39 is 36.3 Å². The Hall–Kier alpha value is -2.57. The summed E-state index contributed by atoms with van der Waals surface area (Å²) in [6.07, 6.45) is -1.20. The highest BCUT2D eigenvalue weighted by atomic mass is 32.1. The molecule has 2 fully saturated rings. The second kappa shape index (κ2) is 9.49. The monoisotopic (exact) mass is 444 g/mol. The second-order valence-electron chi connectivity index (χ2n) is 6.79. The van der Waals surface area contributed by atoms with Crippen LogP contribution in [0.1, 0.15) is 6.92 Å². The van der Waals surface area contributed by atoms with Gasteiger partial charge in [-0.1, -0.05) is 12.2 Å². The lowest BCUT2D eigenvalue weighted by Crippen LogP contribution is -2.36. The Morgan fingerprint density at radius 1 is 1.30 bits per heavy atom. The van der Waals surface area contributed by atoms with Gasteiger partial charge in [-0.25, -0.2) is 18.6 Å². The van der Waals surface area contributed by atoms with Crippen LogP contribution >= 0.6 is 12.2 Å². The molecule has 0 unspecified atom stereocenters. The number of nitrogens with one attached hydrogen (secondary N) is 1. The van der Waals surface area contributed by atoms with Crippen LogP contribution in [0.5, 0.6) is 0 Å².